The van der Waals surface area contributed by atoms with E-state index < -0.39 is 0 Å². The second-order valence-electron chi connectivity index (χ2n) is 8.48. The van der Waals surface area contributed by atoms with Crippen molar-refractivity contribution in [2.45, 2.75) is 12.5 Å². The number of rotatable bonds is 6. The minimum absolute atomic E-state index is 0.00720. The second kappa shape index (κ2) is 9.29. The van der Waals surface area contributed by atoms with E-state index in [4.69, 9.17) is 24.2 Å². The van der Waals surface area contributed by atoms with E-state index in [-0.39, 0.29) is 12.0 Å². The zero-order valence-corrected chi connectivity index (χ0v) is 20.0. The van der Waals surface area contributed by atoms with Crippen molar-refractivity contribution in [1.82, 2.24) is 29.2 Å². The minimum atomic E-state index is -0.0716. The summed E-state index contributed by atoms with van der Waals surface area (Å²) in [6, 6.07) is 3.76. The summed E-state index contributed by atoms with van der Waals surface area (Å²) in [5.41, 5.74) is 3.04. The lowest BCUT2D eigenvalue weighted by atomic mass is 10.2. The lowest BCUT2D eigenvalue weighted by Crippen LogP contribution is -2.40. The molecule has 0 unspecified atom stereocenters. The summed E-state index contributed by atoms with van der Waals surface area (Å²) in [6.07, 6.45) is 6.37. The number of anilines is 2. The second-order valence-corrected chi connectivity index (χ2v) is 9.39. The van der Waals surface area contributed by atoms with Crippen LogP contribution in [0.3, 0.4) is 0 Å². The van der Waals surface area contributed by atoms with Crippen molar-refractivity contribution >= 4 is 39.2 Å². The maximum atomic E-state index is 12.8. The monoisotopic (exact) mass is 495 g/mol. The molecule has 4 aromatic heterocycles. The SMILES string of the molecule is Cn1cc(-n2ccc3nc(Nc4cc(C(=O)N5CCOCC5)cs4)nc(O[C@H]4CCOC4)c32)cn1. The van der Waals surface area contributed by atoms with Crippen molar-refractivity contribution in [2.75, 3.05) is 44.8 Å². The van der Waals surface area contributed by atoms with Crippen molar-refractivity contribution in [3.63, 3.8) is 0 Å². The highest BCUT2D eigenvalue weighted by molar-refractivity contribution is 7.14. The Kier molecular flexibility index (Phi) is 5.84. The summed E-state index contributed by atoms with van der Waals surface area (Å²) in [7, 11) is 1.88. The molecule has 0 radical (unpaired) electrons. The van der Waals surface area contributed by atoms with Crippen LogP contribution in [0.1, 0.15) is 16.8 Å². The maximum Gasteiger partial charge on any atom is 0.254 e. The molecule has 35 heavy (non-hydrogen) atoms. The van der Waals surface area contributed by atoms with Crippen LogP contribution < -0.4 is 10.1 Å². The predicted molar refractivity (Wildman–Crippen MR) is 130 cm³/mol. The molecular formula is C23H25N7O4S. The molecule has 0 bridgehead atoms. The number of fused-ring (bicyclic) bond motifs is 1. The first kappa shape index (κ1) is 22.0. The number of aryl methyl sites for hydroxylation is 1. The number of hydrogen-bond donors (Lipinski definition) is 1. The van der Waals surface area contributed by atoms with Crippen molar-refractivity contribution in [3.05, 3.63) is 41.7 Å². The molecule has 6 heterocycles. The average molecular weight is 496 g/mol. The number of hydrogen-bond acceptors (Lipinski definition) is 9. The van der Waals surface area contributed by atoms with Crippen LogP contribution in [0.5, 0.6) is 5.88 Å². The Labute approximate surface area is 205 Å². The van der Waals surface area contributed by atoms with E-state index in [2.05, 4.69) is 10.4 Å². The summed E-state index contributed by atoms with van der Waals surface area (Å²) >= 11 is 1.44. The number of nitrogens with one attached hydrogen (secondary N) is 1. The van der Waals surface area contributed by atoms with Crippen LogP contribution in [0.4, 0.5) is 10.9 Å². The van der Waals surface area contributed by atoms with Crippen LogP contribution in [0, 0.1) is 0 Å². The minimum Gasteiger partial charge on any atom is -0.470 e. The summed E-state index contributed by atoms with van der Waals surface area (Å²) in [4.78, 5) is 24.0. The van der Waals surface area contributed by atoms with E-state index in [9.17, 15) is 4.79 Å². The molecule has 0 spiro atoms. The number of nitrogens with zero attached hydrogens (tertiary/aromatic N) is 6. The fourth-order valence-electron chi connectivity index (χ4n) is 4.24. The molecule has 1 amide bonds. The molecule has 2 saturated heterocycles. The van der Waals surface area contributed by atoms with Gasteiger partial charge in [-0.05, 0) is 12.1 Å². The van der Waals surface area contributed by atoms with E-state index in [1.165, 1.54) is 11.3 Å². The van der Waals surface area contributed by atoms with Crippen LogP contribution in [-0.4, -0.2) is 80.7 Å². The molecule has 0 saturated carbocycles. The number of carbonyl (C=O) groups is 1. The lowest BCUT2D eigenvalue weighted by molar-refractivity contribution is 0.0303. The highest BCUT2D eigenvalue weighted by Crippen LogP contribution is 2.32. The van der Waals surface area contributed by atoms with Gasteiger partial charge >= 0.3 is 0 Å². The molecule has 1 N–H and O–H groups in total. The Hall–Kier alpha value is -3.48. The quantitative estimate of drug-likeness (QED) is 0.435. The zero-order chi connectivity index (χ0) is 23.8. The van der Waals surface area contributed by atoms with E-state index in [0.29, 0.717) is 56.9 Å². The molecule has 4 aromatic rings. The fraction of sp³-hybridized carbons (Fsp3) is 0.391. The van der Waals surface area contributed by atoms with Gasteiger partial charge in [-0.25, -0.2) is 4.98 Å². The van der Waals surface area contributed by atoms with Crippen LogP contribution in [0.2, 0.25) is 0 Å². The van der Waals surface area contributed by atoms with Gasteiger partial charge in [0.05, 0.1) is 54.4 Å². The first-order valence-corrected chi connectivity index (χ1v) is 12.4. The molecule has 182 valence electrons. The highest BCUT2D eigenvalue weighted by atomic mass is 32.1. The molecule has 2 fully saturated rings. The van der Waals surface area contributed by atoms with Crippen molar-refractivity contribution in [2.24, 2.45) is 7.05 Å². The number of amides is 1. The van der Waals surface area contributed by atoms with E-state index >= 15 is 0 Å². The Bertz CT molecular complexity index is 1350. The van der Waals surface area contributed by atoms with E-state index in [1.54, 1.807) is 10.9 Å². The third-order valence-electron chi connectivity index (χ3n) is 6.02. The fourth-order valence-corrected chi connectivity index (χ4v) is 5.00. The number of carbonyl (C=O) groups excluding carboxylic acids is 1. The van der Waals surface area contributed by atoms with E-state index in [0.717, 1.165) is 28.1 Å². The predicted octanol–water partition coefficient (Wildman–Crippen LogP) is 2.60. The van der Waals surface area contributed by atoms with Gasteiger partial charge in [-0.3, -0.25) is 9.48 Å². The largest absolute Gasteiger partial charge is 0.470 e. The van der Waals surface area contributed by atoms with Crippen molar-refractivity contribution < 1.29 is 19.0 Å². The number of aromatic nitrogens is 5. The number of thiophene rings is 1. The molecule has 1 atom stereocenters. The summed E-state index contributed by atoms with van der Waals surface area (Å²) in [6.45, 7) is 3.56. The van der Waals surface area contributed by atoms with Crippen LogP contribution in [-0.2, 0) is 16.5 Å². The van der Waals surface area contributed by atoms with E-state index in [1.807, 2.05) is 46.4 Å². The molecule has 11 nitrogen and oxygen atoms in total. The average Bonchev–Trinajstić information content (AvgIpc) is 3.67. The van der Waals surface area contributed by atoms with Gasteiger partial charge in [0.25, 0.3) is 5.91 Å². The third kappa shape index (κ3) is 4.47. The Balaban J connectivity index is 1.30. The molecule has 6 rings (SSSR count). The van der Waals surface area contributed by atoms with Gasteiger partial charge in [0.15, 0.2) is 0 Å². The Morgan fingerprint density at radius 2 is 2.11 bits per heavy atom. The number of morpholine rings is 1. The highest BCUT2D eigenvalue weighted by Gasteiger charge is 2.23. The van der Waals surface area contributed by atoms with Gasteiger partial charge in [0.1, 0.15) is 11.6 Å². The Morgan fingerprint density at radius 3 is 2.89 bits per heavy atom. The number of ether oxygens (including phenoxy) is 3. The van der Waals surface area contributed by atoms with Crippen LogP contribution in [0.15, 0.2) is 36.1 Å². The van der Waals surface area contributed by atoms with Gasteiger partial charge in [-0.15, -0.1) is 11.3 Å². The molecular weight excluding hydrogens is 470 g/mol. The molecule has 2 aliphatic rings. The van der Waals surface area contributed by atoms with Gasteiger partial charge in [-0.2, -0.15) is 10.1 Å². The molecule has 2 aliphatic heterocycles. The summed E-state index contributed by atoms with van der Waals surface area (Å²) < 4.78 is 20.8. The van der Waals surface area contributed by atoms with Gasteiger partial charge < -0.3 is 29.0 Å². The Morgan fingerprint density at radius 1 is 1.23 bits per heavy atom. The first-order valence-electron chi connectivity index (χ1n) is 11.5. The zero-order valence-electron chi connectivity index (χ0n) is 19.2. The third-order valence-corrected chi connectivity index (χ3v) is 6.86. The van der Waals surface area contributed by atoms with Crippen LogP contribution in [0.25, 0.3) is 16.7 Å². The van der Waals surface area contributed by atoms with Gasteiger partial charge in [0, 0.05) is 44.3 Å². The normalized spacial score (nSPS) is 18.3. The first-order chi connectivity index (χ1) is 17.1. The summed E-state index contributed by atoms with van der Waals surface area (Å²) in [5.74, 6) is 0.887. The smallest absolute Gasteiger partial charge is 0.254 e. The van der Waals surface area contributed by atoms with Gasteiger partial charge in [0.2, 0.25) is 11.8 Å². The summed E-state index contributed by atoms with van der Waals surface area (Å²) in [5, 5.41) is 10.2. The standard InChI is InChI=1S/C23H25N7O4S/c1-28-12-16(11-24-28)30-4-2-18-20(30)21(34-17-3-7-33-13-17)27-23(25-18)26-19-10-15(14-35-19)22(31)29-5-8-32-9-6-29/h2,4,10-12,14,17H,3,5-9,13H2,1H3,(H,25,26,27)/t17-/m0/s1. The topological polar surface area (TPSA) is 109 Å². The molecule has 0 aromatic carbocycles. The lowest BCUT2D eigenvalue weighted by Gasteiger charge is -2.26. The molecule has 0 aliphatic carbocycles. The van der Waals surface area contributed by atoms with Crippen molar-refractivity contribution in [3.8, 4) is 11.6 Å². The van der Waals surface area contributed by atoms with Crippen LogP contribution >= 0.6 is 11.3 Å². The van der Waals surface area contributed by atoms with Gasteiger partial charge in [-0.1, -0.05) is 0 Å². The van der Waals surface area contributed by atoms with Crippen molar-refractivity contribution in [1.29, 1.82) is 0 Å². The maximum absolute atomic E-state index is 12.8. The molecule has 12 heteroatoms.